The van der Waals surface area contributed by atoms with Crippen LogP contribution in [0.1, 0.15) is 78.6 Å². The number of rotatable bonds is 12. The molecule has 0 saturated heterocycles. The highest BCUT2D eigenvalue weighted by molar-refractivity contribution is 5.90. The molecule has 1 aliphatic rings. The van der Waals surface area contributed by atoms with E-state index >= 15 is 0 Å². The van der Waals surface area contributed by atoms with E-state index in [0.29, 0.717) is 6.42 Å². The molecule has 1 fully saturated rings. The van der Waals surface area contributed by atoms with Crippen molar-refractivity contribution < 1.29 is 14.7 Å². The maximum atomic E-state index is 12.4. The number of allylic oxidation sites excluding steroid dienone is 1. The van der Waals surface area contributed by atoms with Gasteiger partial charge in [0.15, 0.2) is 0 Å². The van der Waals surface area contributed by atoms with Crippen LogP contribution in [0.3, 0.4) is 0 Å². The Balaban J connectivity index is 1.78. The molecule has 0 heterocycles. The Bertz CT molecular complexity index is 695. The summed E-state index contributed by atoms with van der Waals surface area (Å²) >= 11 is 0. The molecule has 1 amide bonds. The van der Waals surface area contributed by atoms with Crippen LogP contribution in [0.2, 0.25) is 0 Å². The van der Waals surface area contributed by atoms with Gasteiger partial charge in [0.2, 0.25) is 5.91 Å². The molecule has 1 saturated carbocycles. The fourth-order valence-electron chi connectivity index (χ4n) is 4.29. The Morgan fingerprint density at radius 1 is 1.20 bits per heavy atom. The lowest BCUT2D eigenvalue weighted by molar-refractivity contribution is -0.121. The van der Waals surface area contributed by atoms with Crippen LogP contribution in [0.25, 0.3) is 0 Å². The number of carbonyl (C=O) groups is 2. The van der Waals surface area contributed by atoms with E-state index in [9.17, 15) is 14.7 Å². The topological polar surface area (TPSA) is 66.4 Å². The number of carbonyl (C=O) groups excluding carboxylic acids is 2. The first kappa shape index (κ1) is 24.3. The fraction of sp³-hybridized carbons (Fsp3) is 0.615. The quantitative estimate of drug-likeness (QED) is 0.330. The van der Waals surface area contributed by atoms with Crippen LogP contribution in [-0.2, 0) is 9.59 Å². The van der Waals surface area contributed by atoms with E-state index in [4.69, 9.17) is 0 Å². The minimum absolute atomic E-state index is 0.00439. The lowest BCUT2D eigenvalue weighted by Gasteiger charge is -2.23. The zero-order valence-corrected chi connectivity index (χ0v) is 18.9. The first-order valence-electron chi connectivity index (χ1n) is 11.5. The Kier molecular flexibility index (Phi) is 9.77. The van der Waals surface area contributed by atoms with Crippen molar-refractivity contribution in [3.05, 3.63) is 42.5 Å². The number of aliphatic hydroxyl groups excluding tert-OH is 1. The molecule has 3 atom stereocenters. The van der Waals surface area contributed by atoms with Crippen molar-refractivity contribution >= 4 is 17.4 Å². The fourth-order valence-corrected chi connectivity index (χ4v) is 4.29. The maximum absolute atomic E-state index is 12.4. The second-order valence-corrected chi connectivity index (χ2v) is 9.48. The second kappa shape index (κ2) is 12.0. The van der Waals surface area contributed by atoms with Crippen LogP contribution in [0.15, 0.2) is 42.5 Å². The molecule has 1 aromatic carbocycles. The molecule has 1 aromatic rings. The number of hydrogen-bond donors (Lipinski definition) is 2. The van der Waals surface area contributed by atoms with Gasteiger partial charge in [-0.2, -0.15) is 0 Å². The molecule has 0 radical (unpaired) electrons. The van der Waals surface area contributed by atoms with Crippen LogP contribution in [0.4, 0.5) is 5.69 Å². The first-order chi connectivity index (χ1) is 14.3. The van der Waals surface area contributed by atoms with E-state index < -0.39 is 6.10 Å². The number of ketones is 1. The summed E-state index contributed by atoms with van der Waals surface area (Å²) in [6.07, 6.45) is 11.3. The Hall–Kier alpha value is -1.94. The lowest BCUT2D eigenvalue weighted by Crippen LogP contribution is -2.19. The molecular weight excluding hydrogens is 374 g/mol. The first-order valence-corrected chi connectivity index (χ1v) is 11.5. The maximum Gasteiger partial charge on any atom is 0.224 e. The highest BCUT2D eigenvalue weighted by Gasteiger charge is 2.39. The van der Waals surface area contributed by atoms with Gasteiger partial charge < -0.3 is 10.4 Å². The van der Waals surface area contributed by atoms with Crippen molar-refractivity contribution in [3.63, 3.8) is 0 Å². The van der Waals surface area contributed by atoms with Crippen molar-refractivity contribution in [2.75, 3.05) is 5.32 Å². The number of anilines is 1. The number of nitrogens with one attached hydrogen (secondary N) is 1. The molecule has 0 unspecified atom stereocenters. The van der Waals surface area contributed by atoms with Crippen molar-refractivity contribution in [2.45, 2.75) is 84.7 Å². The number of aliphatic hydroxyl groups is 1. The standard InChI is InChI=1S/C26H39NO3/c1-4-5-17-26(2,3)18-11-15-22-21(23(28)19-24(22)29)14-9-10-16-25(30)27-20-12-7-6-8-13-20/h6-8,11-13,15,21-22,24,29H,4-5,9-10,14,16-19H2,1-3H3,(H,27,30)/b15-11+/t21-,22-,24-/m1/s1. The minimum atomic E-state index is -0.570. The molecule has 166 valence electrons. The highest BCUT2D eigenvalue weighted by atomic mass is 16.3. The number of amides is 1. The Morgan fingerprint density at radius 2 is 1.93 bits per heavy atom. The zero-order chi connectivity index (χ0) is 22.0. The molecular formula is C26H39NO3. The van der Waals surface area contributed by atoms with Gasteiger partial charge in [0.05, 0.1) is 6.10 Å². The second-order valence-electron chi connectivity index (χ2n) is 9.48. The lowest BCUT2D eigenvalue weighted by atomic mass is 9.82. The average Bonchev–Trinajstić information content (AvgIpc) is 2.97. The van der Waals surface area contributed by atoms with Crippen molar-refractivity contribution in [1.82, 2.24) is 0 Å². The molecule has 0 spiro atoms. The van der Waals surface area contributed by atoms with Gasteiger partial charge in [0, 0.05) is 30.4 Å². The number of para-hydroxylation sites is 1. The summed E-state index contributed by atoms with van der Waals surface area (Å²) in [7, 11) is 0. The van der Waals surface area contributed by atoms with Gasteiger partial charge in [-0.1, -0.05) is 70.4 Å². The van der Waals surface area contributed by atoms with Gasteiger partial charge in [0.25, 0.3) is 0 Å². The monoisotopic (exact) mass is 413 g/mol. The highest BCUT2D eigenvalue weighted by Crippen LogP contribution is 2.35. The van der Waals surface area contributed by atoms with Gasteiger partial charge in [-0.15, -0.1) is 0 Å². The summed E-state index contributed by atoms with van der Waals surface area (Å²) in [6.45, 7) is 6.77. The van der Waals surface area contributed by atoms with Crippen molar-refractivity contribution in [3.8, 4) is 0 Å². The molecule has 4 nitrogen and oxygen atoms in total. The predicted octanol–water partition coefficient (Wildman–Crippen LogP) is 5.91. The van der Waals surface area contributed by atoms with Crippen LogP contribution >= 0.6 is 0 Å². The van der Waals surface area contributed by atoms with Crippen molar-refractivity contribution in [1.29, 1.82) is 0 Å². The summed E-state index contributed by atoms with van der Waals surface area (Å²) in [5, 5.41) is 13.3. The third-order valence-corrected chi connectivity index (χ3v) is 6.20. The summed E-state index contributed by atoms with van der Waals surface area (Å²) in [4.78, 5) is 24.5. The van der Waals surface area contributed by atoms with Gasteiger partial charge in [-0.25, -0.2) is 0 Å². The van der Waals surface area contributed by atoms with Gasteiger partial charge >= 0.3 is 0 Å². The summed E-state index contributed by atoms with van der Waals surface area (Å²) in [6, 6.07) is 9.45. The number of unbranched alkanes of at least 4 members (excludes halogenated alkanes) is 2. The van der Waals surface area contributed by atoms with Crippen LogP contribution in [-0.4, -0.2) is 22.9 Å². The Labute approximate surface area is 182 Å². The van der Waals surface area contributed by atoms with Crippen LogP contribution in [0, 0.1) is 17.3 Å². The smallest absolute Gasteiger partial charge is 0.224 e. The van der Waals surface area contributed by atoms with E-state index in [1.165, 1.54) is 19.3 Å². The molecule has 0 aromatic heterocycles. The summed E-state index contributed by atoms with van der Waals surface area (Å²) < 4.78 is 0. The third kappa shape index (κ3) is 8.06. The van der Waals surface area contributed by atoms with Crippen LogP contribution < -0.4 is 5.32 Å². The van der Waals surface area contributed by atoms with E-state index in [-0.39, 0.29) is 35.4 Å². The number of Topliss-reactive ketones (excluding diaryl/α,β-unsaturated/α-hetero) is 1. The van der Waals surface area contributed by atoms with E-state index in [1.807, 2.05) is 30.3 Å². The largest absolute Gasteiger partial charge is 0.392 e. The van der Waals surface area contributed by atoms with E-state index in [1.54, 1.807) is 0 Å². The summed E-state index contributed by atoms with van der Waals surface area (Å²) in [5.41, 5.74) is 1.06. The number of benzene rings is 1. The molecule has 0 bridgehead atoms. The van der Waals surface area contributed by atoms with Crippen LogP contribution in [0.5, 0.6) is 0 Å². The molecule has 2 rings (SSSR count). The number of hydrogen-bond acceptors (Lipinski definition) is 3. The predicted molar refractivity (Wildman–Crippen MR) is 123 cm³/mol. The average molecular weight is 414 g/mol. The molecule has 2 N–H and O–H groups in total. The normalized spacial score (nSPS) is 22.0. The minimum Gasteiger partial charge on any atom is -0.392 e. The third-order valence-electron chi connectivity index (χ3n) is 6.20. The molecule has 1 aliphatic carbocycles. The summed E-state index contributed by atoms with van der Waals surface area (Å²) in [5.74, 6) is -0.0364. The van der Waals surface area contributed by atoms with E-state index in [0.717, 1.165) is 31.4 Å². The van der Waals surface area contributed by atoms with E-state index in [2.05, 4.69) is 38.2 Å². The SMILES string of the molecule is CCCCC(C)(C)C/C=C/[C@H]1[C@H](O)CC(=O)[C@@H]1CCCCC(=O)Nc1ccccc1. The Morgan fingerprint density at radius 3 is 2.63 bits per heavy atom. The van der Waals surface area contributed by atoms with Gasteiger partial charge in [-0.3, -0.25) is 9.59 Å². The van der Waals surface area contributed by atoms with Gasteiger partial charge in [-0.05, 0) is 43.2 Å². The molecule has 30 heavy (non-hydrogen) atoms. The van der Waals surface area contributed by atoms with Crippen molar-refractivity contribution in [2.24, 2.45) is 17.3 Å². The zero-order valence-electron chi connectivity index (χ0n) is 18.9. The molecule has 4 heteroatoms. The molecule has 0 aliphatic heterocycles. The van der Waals surface area contributed by atoms with Gasteiger partial charge in [0.1, 0.15) is 5.78 Å².